The Morgan fingerprint density at radius 3 is 2.47 bits per heavy atom. The van der Waals surface area contributed by atoms with E-state index in [9.17, 15) is 14.4 Å². The number of piperazine rings is 1. The number of rotatable bonds is 5. The number of pyridine rings is 1. The molecular weight excluding hydrogens is 412 g/mol. The molecular formula is C23H26N4O5. The first-order valence-electron chi connectivity index (χ1n) is 10.5. The van der Waals surface area contributed by atoms with Crippen molar-refractivity contribution in [3.8, 4) is 0 Å². The molecule has 168 valence electrons. The molecule has 1 unspecified atom stereocenters. The Bertz CT molecular complexity index is 1190. The van der Waals surface area contributed by atoms with Crippen LogP contribution in [0.25, 0.3) is 10.9 Å². The number of para-hydroxylation sites is 1. The van der Waals surface area contributed by atoms with Crippen LogP contribution in [0.5, 0.6) is 0 Å². The average Bonchev–Trinajstić information content (AvgIpc) is 3.34. The second-order valence-corrected chi connectivity index (χ2v) is 7.88. The van der Waals surface area contributed by atoms with Crippen LogP contribution in [0.4, 0.5) is 5.69 Å². The summed E-state index contributed by atoms with van der Waals surface area (Å²) in [5.74, 6) is -0.582. The van der Waals surface area contributed by atoms with Crippen molar-refractivity contribution in [1.29, 1.82) is 0 Å². The van der Waals surface area contributed by atoms with Gasteiger partial charge in [-0.2, -0.15) is 0 Å². The number of methoxy groups -OCH3 is 1. The molecule has 3 aromatic rings. The number of carbonyl (C=O) groups excluding carboxylic acids is 2. The summed E-state index contributed by atoms with van der Waals surface area (Å²) in [7, 11) is 1.26. The van der Waals surface area contributed by atoms with Crippen molar-refractivity contribution < 1.29 is 18.7 Å². The number of benzene rings is 1. The predicted octanol–water partition coefficient (Wildman–Crippen LogP) is 1.69. The lowest BCUT2D eigenvalue weighted by molar-refractivity contribution is 0.0597. The Hall–Kier alpha value is -3.59. The van der Waals surface area contributed by atoms with Gasteiger partial charge < -0.3 is 29.3 Å². The normalized spacial score (nSPS) is 15.1. The molecule has 1 aliphatic rings. The number of hydrogen-bond donors (Lipinski definition) is 1. The number of furan rings is 1. The van der Waals surface area contributed by atoms with E-state index in [4.69, 9.17) is 14.9 Å². The third-order valence-electron chi connectivity index (χ3n) is 5.62. The number of esters is 1. The Morgan fingerprint density at radius 1 is 1.12 bits per heavy atom. The van der Waals surface area contributed by atoms with Crippen LogP contribution >= 0.6 is 0 Å². The molecule has 1 amide bonds. The molecule has 1 aromatic carbocycles. The topological polar surface area (TPSA) is 111 Å². The van der Waals surface area contributed by atoms with Gasteiger partial charge in [-0.05, 0) is 25.1 Å². The standard InChI is InChI=1S/C23H26N4O5/c1-15(24)14-27-17-7-4-3-6-16(17)20(19(22(27)29)23(30)31-2)25-9-11-26(12-10-25)21(28)18-8-5-13-32-18/h3-8,13,15H,9-12,14,24H2,1-2H3. The molecule has 4 rings (SSSR count). The number of amides is 1. The van der Waals surface area contributed by atoms with Crippen molar-refractivity contribution in [2.24, 2.45) is 5.73 Å². The molecule has 1 atom stereocenters. The molecule has 1 saturated heterocycles. The first kappa shape index (κ1) is 21.6. The van der Waals surface area contributed by atoms with Crippen molar-refractivity contribution in [1.82, 2.24) is 9.47 Å². The molecule has 0 bridgehead atoms. The van der Waals surface area contributed by atoms with Crippen molar-refractivity contribution in [3.05, 3.63) is 64.3 Å². The molecule has 0 spiro atoms. The van der Waals surface area contributed by atoms with Gasteiger partial charge in [0.05, 0.1) is 24.6 Å². The zero-order valence-corrected chi connectivity index (χ0v) is 18.1. The summed E-state index contributed by atoms with van der Waals surface area (Å²) in [6.07, 6.45) is 1.47. The van der Waals surface area contributed by atoms with Crippen molar-refractivity contribution in [2.75, 3.05) is 38.2 Å². The highest BCUT2D eigenvalue weighted by Crippen LogP contribution is 2.30. The van der Waals surface area contributed by atoms with Gasteiger partial charge in [-0.3, -0.25) is 9.59 Å². The summed E-state index contributed by atoms with van der Waals surface area (Å²) >= 11 is 0. The summed E-state index contributed by atoms with van der Waals surface area (Å²) in [6, 6.07) is 10.5. The van der Waals surface area contributed by atoms with Crippen molar-refractivity contribution in [3.63, 3.8) is 0 Å². The van der Waals surface area contributed by atoms with Gasteiger partial charge >= 0.3 is 5.97 Å². The molecule has 0 radical (unpaired) electrons. The number of hydrogen-bond acceptors (Lipinski definition) is 7. The van der Waals surface area contributed by atoms with Crippen LogP contribution < -0.4 is 16.2 Å². The Morgan fingerprint density at radius 2 is 1.84 bits per heavy atom. The number of anilines is 1. The predicted molar refractivity (Wildman–Crippen MR) is 120 cm³/mol. The van der Waals surface area contributed by atoms with E-state index in [-0.39, 0.29) is 29.8 Å². The van der Waals surface area contributed by atoms with E-state index in [1.54, 1.807) is 17.0 Å². The SMILES string of the molecule is COC(=O)c1c(N2CCN(C(=O)c3ccco3)CC2)c2ccccc2n(CC(C)N)c1=O. The average molecular weight is 438 g/mol. The lowest BCUT2D eigenvalue weighted by Gasteiger charge is -2.37. The minimum atomic E-state index is -0.691. The van der Waals surface area contributed by atoms with Gasteiger partial charge in [-0.25, -0.2) is 4.79 Å². The monoisotopic (exact) mass is 438 g/mol. The van der Waals surface area contributed by atoms with Crippen LogP contribution in [-0.2, 0) is 11.3 Å². The number of aromatic nitrogens is 1. The molecule has 2 N–H and O–H groups in total. The fourth-order valence-corrected chi connectivity index (χ4v) is 4.16. The quantitative estimate of drug-likeness (QED) is 0.604. The molecule has 32 heavy (non-hydrogen) atoms. The number of nitrogens with zero attached hydrogens (tertiary/aromatic N) is 3. The van der Waals surface area contributed by atoms with Gasteiger partial charge in [0.2, 0.25) is 0 Å². The lowest BCUT2D eigenvalue weighted by atomic mass is 10.1. The van der Waals surface area contributed by atoms with Gasteiger partial charge in [0.15, 0.2) is 5.76 Å². The van der Waals surface area contributed by atoms with Gasteiger partial charge in [0.1, 0.15) is 5.56 Å². The summed E-state index contributed by atoms with van der Waals surface area (Å²) < 4.78 is 11.7. The fraction of sp³-hybridized carbons (Fsp3) is 0.348. The largest absolute Gasteiger partial charge is 0.465 e. The number of nitrogens with two attached hydrogens (primary N) is 1. The Balaban J connectivity index is 1.76. The van der Waals surface area contributed by atoms with Crippen molar-refractivity contribution >= 4 is 28.5 Å². The maximum atomic E-state index is 13.4. The second kappa shape index (κ2) is 8.88. The van der Waals surface area contributed by atoms with Gasteiger partial charge in [-0.1, -0.05) is 18.2 Å². The fourth-order valence-electron chi connectivity index (χ4n) is 4.16. The van der Waals surface area contributed by atoms with Crippen LogP contribution in [0.15, 0.2) is 51.9 Å². The van der Waals surface area contributed by atoms with Crippen LogP contribution in [0.2, 0.25) is 0 Å². The zero-order chi connectivity index (χ0) is 22.8. The molecule has 1 fully saturated rings. The van der Waals surface area contributed by atoms with E-state index in [1.165, 1.54) is 17.9 Å². The molecule has 3 heterocycles. The highest BCUT2D eigenvalue weighted by molar-refractivity contribution is 6.05. The van der Waals surface area contributed by atoms with Crippen LogP contribution in [0.1, 0.15) is 27.8 Å². The molecule has 1 aliphatic heterocycles. The molecule has 0 saturated carbocycles. The molecule has 2 aromatic heterocycles. The summed E-state index contributed by atoms with van der Waals surface area (Å²) in [4.78, 5) is 42.4. The smallest absolute Gasteiger partial charge is 0.345 e. The minimum absolute atomic E-state index is 0.0161. The van der Waals surface area contributed by atoms with E-state index in [0.29, 0.717) is 37.4 Å². The van der Waals surface area contributed by atoms with Crippen LogP contribution in [0, 0.1) is 0 Å². The van der Waals surface area contributed by atoms with Crippen LogP contribution in [0.3, 0.4) is 0 Å². The van der Waals surface area contributed by atoms with E-state index < -0.39 is 11.5 Å². The van der Waals surface area contributed by atoms with E-state index >= 15 is 0 Å². The van der Waals surface area contributed by atoms with Crippen LogP contribution in [-0.4, -0.2) is 60.7 Å². The van der Waals surface area contributed by atoms with E-state index in [1.807, 2.05) is 36.1 Å². The van der Waals surface area contributed by atoms with E-state index in [0.717, 1.165) is 5.39 Å². The van der Waals surface area contributed by atoms with Gasteiger partial charge in [0.25, 0.3) is 11.5 Å². The highest BCUT2D eigenvalue weighted by atomic mass is 16.5. The number of ether oxygens (including phenoxy) is 1. The van der Waals surface area contributed by atoms with E-state index in [2.05, 4.69) is 0 Å². The molecule has 9 heteroatoms. The molecule has 0 aliphatic carbocycles. The van der Waals surface area contributed by atoms with Gasteiger partial charge in [0, 0.05) is 44.2 Å². The number of fused-ring (bicyclic) bond motifs is 1. The Kier molecular flexibility index (Phi) is 6.00. The highest BCUT2D eigenvalue weighted by Gasteiger charge is 2.30. The maximum Gasteiger partial charge on any atom is 0.345 e. The second-order valence-electron chi connectivity index (χ2n) is 7.88. The Labute approximate surface area is 184 Å². The zero-order valence-electron chi connectivity index (χ0n) is 18.1. The third kappa shape index (κ3) is 3.87. The first-order chi connectivity index (χ1) is 15.4. The summed E-state index contributed by atoms with van der Waals surface area (Å²) in [6.45, 7) is 3.85. The first-order valence-corrected chi connectivity index (χ1v) is 10.5. The van der Waals surface area contributed by atoms with Gasteiger partial charge in [-0.15, -0.1) is 0 Å². The molecule has 9 nitrogen and oxygen atoms in total. The number of carbonyl (C=O) groups is 2. The lowest BCUT2D eigenvalue weighted by Crippen LogP contribution is -2.49. The van der Waals surface area contributed by atoms with Crippen molar-refractivity contribution in [2.45, 2.75) is 19.5 Å². The third-order valence-corrected chi connectivity index (χ3v) is 5.62. The summed E-state index contributed by atoms with van der Waals surface area (Å²) in [5.41, 5.74) is 6.76. The maximum absolute atomic E-state index is 13.4. The minimum Gasteiger partial charge on any atom is -0.465 e. The summed E-state index contributed by atoms with van der Waals surface area (Å²) in [5, 5.41) is 0.763.